The van der Waals surface area contributed by atoms with E-state index < -0.39 is 0 Å². The molecule has 0 bridgehead atoms. The second-order valence-corrected chi connectivity index (χ2v) is 5.73. The Morgan fingerprint density at radius 1 is 1.08 bits per heavy atom. The minimum absolute atomic E-state index is 0.186. The molecule has 0 heterocycles. The van der Waals surface area contributed by atoms with Crippen LogP contribution in [0.1, 0.15) is 16.7 Å². The molecule has 0 N–H and O–H groups in total. The number of hydrogen-bond acceptors (Lipinski definition) is 2. The maximum atomic E-state index is 9.66. The molecule has 2 nitrogen and oxygen atoms in total. The quantitative estimate of drug-likeness (QED) is 0.374. The zero-order valence-electron chi connectivity index (χ0n) is 14.0. The molecule has 0 unspecified atom stereocenters. The fourth-order valence-corrected chi connectivity index (χ4v) is 2.73. The van der Waals surface area contributed by atoms with Crippen LogP contribution in [-0.2, 0) is 0 Å². The predicted octanol–water partition coefficient (Wildman–Crippen LogP) is 5.22. The van der Waals surface area contributed by atoms with Crippen molar-refractivity contribution in [2.75, 3.05) is 6.61 Å². The van der Waals surface area contributed by atoms with Gasteiger partial charge in [0.2, 0.25) is 0 Å². The third-order valence-corrected chi connectivity index (χ3v) is 4.01. The van der Waals surface area contributed by atoms with Crippen molar-refractivity contribution in [1.29, 1.82) is 5.26 Å². The fourth-order valence-electron chi connectivity index (χ4n) is 2.73. The van der Waals surface area contributed by atoms with Crippen molar-refractivity contribution >= 4 is 22.4 Å². The van der Waals surface area contributed by atoms with Crippen LogP contribution in [0.15, 0.2) is 60.7 Å². The first kappa shape index (κ1) is 16.4. The van der Waals surface area contributed by atoms with Crippen molar-refractivity contribution in [3.63, 3.8) is 0 Å². The summed E-state index contributed by atoms with van der Waals surface area (Å²) in [5.74, 6) is 3.17. The second-order valence-electron chi connectivity index (χ2n) is 5.73. The molecule has 3 aromatic rings. The number of hydrogen-bond donors (Lipinski definition) is 0. The third-order valence-electron chi connectivity index (χ3n) is 4.01. The summed E-state index contributed by atoms with van der Waals surface area (Å²) in [6, 6.07) is 22.1. The van der Waals surface area contributed by atoms with Gasteiger partial charge in [-0.05, 0) is 35.4 Å². The van der Waals surface area contributed by atoms with E-state index >= 15 is 0 Å². The van der Waals surface area contributed by atoms with Crippen LogP contribution in [0.2, 0.25) is 0 Å². The molecule has 0 saturated carbocycles. The molecule has 25 heavy (non-hydrogen) atoms. The standard InChI is InChI=1S/C23H17NO/c1-3-14-25-23-13-12-19-6-4-5-7-21(19)22(23)15-20(16-24)18-10-8-17(2)9-11-18/h1,4-13,15H,14H2,2H3/b20-15-. The van der Waals surface area contributed by atoms with Crippen LogP contribution in [0.25, 0.3) is 22.4 Å². The van der Waals surface area contributed by atoms with Crippen molar-refractivity contribution in [3.05, 3.63) is 77.4 Å². The minimum atomic E-state index is 0.186. The fraction of sp³-hybridized carbons (Fsp3) is 0.0870. The molecule has 0 radical (unpaired) electrons. The van der Waals surface area contributed by atoms with Crippen LogP contribution in [0.5, 0.6) is 5.75 Å². The average Bonchev–Trinajstić information content (AvgIpc) is 2.65. The van der Waals surface area contributed by atoms with Gasteiger partial charge in [0.05, 0.1) is 11.6 Å². The number of allylic oxidation sites excluding steroid dienone is 1. The van der Waals surface area contributed by atoms with Crippen LogP contribution in [0.3, 0.4) is 0 Å². The van der Waals surface area contributed by atoms with Crippen LogP contribution in [-0.4, -0.2) is 6.61 Å². The first-order chi connectivity index (χ1) is 12.2. The smallest absolute Gasteiger partial charge is 0.148 e. The van der Waals surface area contributed by atoms with Crippen LogP contribution < -0.4 is 4.74 Å². The van der Waals surface area contributed by atoms with Gasteiger partial charge in [0.25, 0.3) is 0 Å². The normalized spacial score (nSPS) is 10.9. The van der Waals surface area contributed by atoms with E-state index in [-0.39, 0.29) is 6.61 Å². The number of fused-ring (bicyclic) bond motifs is 1. The van der Waals surface area contributed by atoms with Gasteiger partial charge in [0.15, 0.2) is 0 Å². The average molecular weight is 323 g/mol. The summed E-state index contributed by atoms with van der Waals surface area (Å²) in [6.45, 7) is 2.21. The molecule has 0 spiro atoms. The molecule has 0 fully saturated rings. The number of rotatable bonds is 4. The summed E-state index contributed by atoms with van der Waals surface area (Å²) < 4.78 is 5.70. The molecule has 0 aromatic heterocycles. The van der Waals surface area contributed by atoms with E-state index in [1.807, 2.05) is 73.7 Å². The van der Waals surface area contributed by atoms with E-state index in [4.69, 9.17) is 11.2 Å². The summed E-state index contributed by atoms with van der Waals surface area (Å²) in [7, 11) is 0. The monoisotopic (exact) mass is 323 g/mol. The number of terminal acetylenes is 1. The highest BCUT2D eigenvalue weighted by molar-refractivity contribution is 6.00. The van der Waals surface area contributed by atoms with Crippen LogP contribution in [0, 0.1) is 30.6 Å². The van der Waals surface area contributed by atoms with Crippen molar-refractivity contribution in [2.24, 2.45) is 0 Å². The molecule has 0 saturated heterocycles. The van der Waals surface area contributed by atoms with Gasteiger partial charge in [0, 0.05) is 5.56 Å². The van der Waals surface area contributed by atoms with E-state index in [0.29, 0.717) is 11.3 Å². The summed E-state index contributed by atoms with van der Waals surface area (Å²) in [4.78, 5) is 0. The molecule has 120 valence electrons. The Morgan fingerprint density at radius 3 is 2.56 bits per heavy atom. The predicted molar refractivity (Wildman–Crippen MR) is 103 cm³/mol. The largest absolute Gasteiger partial charge is 0.480 e. The van der Waals surface area contributed by atoms with Gasteiger partial charge < -0.3 is 4.74 Å². The summed E-state index contributed by atoms with van der Waals surface area (Å²) in [6.07, 6.45) is 7.20. The van der Waals surface area contributed by atoms with E-state index in [1.165, 1.54) is 0 Å². The molecular formula is C23H17NO. The Hall–Kier alpha value is -3.49. The van der Waals surface area contributed by atoms with Crippen LogP contribution in [0.4, 0.5) is 0 Å². The molecule has 0 amide bonds. The SMILES string of the molecule is C#CCOc1ccc2ccccc2c1/C=C(/C#N)c1ccc(C)cc1. The van der Waals surface area contributed by atoms with Gasteiger partial charge in [-0.1, -0.05) is 66.1 Å². The maximum absolute atomic E-state index is 9.66. The number of nitriles is 1. The molecular weight excluding hydrogens is 306 g/mol. The Balaban J connectivity index is 2.19. The van der Waals surface area contributed by atoms with Gasteiger partial charge in [-0.2, -0.15) is 5.26 Å². The molecule has 0 atom stereocenters. The van der Waals surface area contributed by atoms with Crippen molar-refractivity contribution < 1.29 is 4.74 Å². The molecule has 3 rings (SSSR count). The molecule has 0 aliphatic rings. The number of ether oxygens (including phenoxy) is 1. The lowest BCUT2D eigenvalue weighted by Gasteiger charge is -2.11. The van der Waals surface area contributed by atoms with Gasteiger partial charge in [-0.3, -0.25) is 0 Å². The van der Waals surface area contributed by atoms with E-state index in [0.717, 1.165) is 27.5 Å². The van der Waals surface area contributed by atoms with Gasteiger partial charge >= 0.3 is 0 Å². The first-order valence-electron chi connectivity index (χ1n) is 8.00. The van der Waals surface area contributed by atoms with Crippen molar-refractivity contribution in [3.8, 4) is 24.2 Å². The van der Waals surface area contributed by atoms with Crippen molar-refractivity contribution in [1.82, 2.24) is 0 Å². The number of benzene rings is 3. The zero-order valence-corrected chi connectivity index (χ0v) is 14.0. The highest BCUT2D eigenvalue weighted by Gasteiger charge is 2.09. The lowest BCUT2D eigenvalue weighted by molar-refractivity contribution is 0.370. The van der Waals surface area contributed by atoms with E-state index in [9.17, 15) is 5.26 Å². The highest BCUT2D eigenvalue weighted by Crippen LogP contribution is 2.32. The molecule has 0 aliphatic heterocycles. The maximum Gasteiger partial charge on any atom is 0.148 e. The number of aryl methyl sites for hydroxylation is 1. The van der Waals surface area contributed by atoms with Gasteiger partial charge in [-0.15, -0.1) is 6.42 Å². The second kappa shape index (κ2) is 7.39. The van der Waals surface area contributed by atoms with Crippen LogP contribution >= 0.6 is 0 Å². The first-order valence-corrected chi connectivity index (χ1v) is 8.00. The topological polar surface area (TPSA) is 33.0 Å². The summed E-state index contributed by atoms with van der Waals surface area (Å²) in [5.41, 5.74) is 3.49. The lowest BCUT2D eigenvalue weighted by Crippen LogP contribution is -1.96. The van der Waals surface area contributed by atoms with Gasteiger partial charge in [0.1, 0.15) is 12.4 Å². The minimum Gasteiger partial charge on any atom is -0.480 e. The molecule has 2 heteroatoms. The summed E-state index contributed by atoms with van der Waals surface area (Å²) in [5, 5.41) is 11.8. The lowest BCUT2D eigenvalue weighted by atomic mass is 9.98. The Labute approximate surface area is 148 Å². The molecule has 0 aliphatic carbocycles. The third kappa shape index (κ3) is 3.55. The number of nitrogens with zero attached hydrogens (tertiary/aromatic N) is 1. The Morgan fingerprint density at radius 2 is 1.84 bits per heavy atom. The summed E-state index contributed by atoms with van der Waals surface area (Å²) >= 11 is 0. The zero-order chi connectivity index (χ0) is 17.6. The Kier molecular flexibility index (Phi) is 4.84. The van der Waals surface area contributed by atoms with Crippen molar-refractivity contribution in [2.45, 2.75) is 6.92 Å². The van der Waals surface area contributed by atoms with Gasteiger partial charge in [-0.25, -0.2) is 0 Å². The Bertz CT molecular complexity index is 1010. The van der Waals surface area contributed by atoms with E-state index in [1.54, 1.807) is 0 Å². The highest BCUT2D eigenvalue weighted by atomic mass is 16.5. The van der Waals surface area contributed by atoms with E-state index in [2.05, 4.69) is 12.0 Å². The molecule has 3 aromatic carbocycles.